The van der Waals surface area contributed by atoms with Crippen LogP contribution in [0.1, 0.15) is 81.6 Å². The fourth-order valence-electron chi connectivity index (χ4n) is 3.30. The van der Waals surface area contributed by atoms with Gasteiger partial charge < -0.3 is 36.5 Å². The van der Waals surface area contributed by atoms with E-state index in [1.807, 2.05) is 6.26 Å². The summed E-state index contributed by atoms with van der Waals surface area (Å²) in [5.41, 5.74) is 3.65. The van der Waals surface area contributed by atoms with Crippen molar-refractivity contribution in [3.63, 3.8) is 0 Å². The van der Waals surface area contributed by atoms with E-state index < -0.39 is 71.1 Å². The monoisotopic (exact) mass is 603 g/mol. The summed E-state index contributed by atoms with van der Waals surface area (Å²) in [5, 5.41) is 10.2. The number of esters is 1. The fraction of sp³-hybridized carbons (Fsp3) is 0.778. The second-order valence-electron chi connectivity index (χ2n) is 12.0. The number of nitrogens with two attached hydrogens (primary N) is 1. The highest BCUT2D eigenvalue weighted by Crippen LogP contribution is 2.13. The topological polar surface area (TPSA) is 195 Å². The molecule has 14 heteroatoms. The first-order chi connectivity index (χ1) is 18.7. The van der Waals surface area contributed by atoms with Gasteiger partial charge in [-0.25, -0.2) is 9.59 Å². The Morgan fingerprint density at radius 3 is 1.71 bits per heavy atom. The molecule has 0 heterocycles. The maximum Gasteiger partial charge on any atom is 0.408 e. The lowest BCUT2D eigenvalue weighted by Crippen LogP contribution is -2.58. The van der Waals surface area contributed by atoms with E-state index in [1.54, 1.807) is 55.4 Å². The van der Waals surface area contributed by atoms with Gasteiger partial charge >= 0.3 is 12.1 Å². The molecule has 0 saturated carbocycles. The van der Waals surface area contributed by atoms with Crippen LogP contribution in [0.3, 0.4) is 0 Å². The minimum absolute atomic E-state index is 0.114. The Bertz CT molecular complexity index is 930. The number of nitrogens with one attached hydrogen (secondary N) is 4. The first kappa shape index (κ1) is 38.0. The van der Waals surface area contributed by atoms with Gasteiger partial charge in [-0.1, -0.05) is 13.8 Å². The molecule has 0 radical (unpaired) electrons. The minimum atomic E-state index is -1.21. The Morgan fingerprint density at radius 2 is 1.24 bits per heavy atom. The van der Waals surface area contributed by atoms with E-state index in [0.717, 1.165) is 0 Å². The standard InChI is InChI=1S/C27H49N5O8S/c1-15(2)20(24(37)39-26(4,5)6)32-21(34)16(3)29-22(35)18(13-14-41-10)30-23(36)17(11-12-19(28)33)31-25(38)40-27(7,8)9/h15-18,20H,11-14H2,1-10H3,(H2,28,33)(H,29,35)(H,30,36)(H,31,38)(H,32,34)/t16-,17-,18-,20-/m0/s1. The van der Waals surface area contributed by atoms with Gasteiger partial charge in [0.15, 0.2) is 0 Å². The van der Waals surface area contributed by atoms with E-state index in [0.29, 0.717) is 5.75 Å². The van der Waals surface area contributed by atoms with Gasteiger partial charge in [0.1, 0.15) is 35.4 Å². The zero-order chi connectivity index (χ0) is 32.1. The SMILES string of the molecule is CSCC[C@H](NC(=O)[C@H](CCC(N)=O)NC(=O)OC(C)(C)C)C(=O)N[C@@H](C)C(=O)N[C@H](C(=O)OC(C)(C)C)C(C)C. The summed E-state index contributed by atoms with van der Waals surface area (Å²) in [6.07, 6.45) is 0.866. The van der Waals surface area contributed by atoms with Crippen molar-refractivity contribution in [2.45, 2.75) is 117 Å². The summed E-state index contributed by atoms with van der Waals surface area (Å²) < 4.78 is 10.6. The van der Waals surface area contributed by atoms with Crippen LogP contribution in [0.25, 0.3) is 0 Å². The summed E-state index contributed by atoms with van der Waals surface area (Å²) in [7, 11) is 0. The Morgan fingerprint density at radius 1 is 0.732 bits per heavy atom. The highest BCUT2D eigenvalue weighted by atomic mass is 32.2. The van der Waals surface area contributed by atoms with Crippen LogP contribution in [-0.2, 0) is 33.4 Å². The molecule has 6 N–H and O–H groups in total. The van der Waals surface area contributed by atoms with Crippen molar-refractivity contribution in [1.29, 1.82) is 0 Å². The van der Waals surface area contributed by atoms with Crippen LogP contribution in [0.4, 0.5) is 4.79 Å². The normalized spacial score (nSPS) is 14.6. The number of amides is 5. The summed E-state index contributed by atoms with van der Waals surface area (Å²) in [4.78, 5) is 75.4. The van der Waals surface area contributed by atoms with Gasteiger partial charge in [0.2, 0.25) is 23.6 Å². The number of carbonyl (C=O) groups is 6. The highest BCUT2D eigenvalue weighted by Gasteiger charge is 2.33. The number of rotatable bonds is 15. The third kappa shape index (κ3) is 16.7. The van der Waals surface area contributed by atoms with Crippen molar-refractivity contribution >= 4 is 47.5 Å². The van der Waals surface area contributed by atoms with E-state index in [-0.39, 0.29) is 25.2 Å². The number of ether oxygens (including phenoxy) is 2. The van der Waals surface area contributed by atoms with Gasteiger partial charge in [-0.2, -0.15) is 11.8 Å². The van der Waals surface area contributed by atoms with Crippen molar-refractivity contribution in [3.05, 3.63) is 0 Å². The van der Waals surface area contributed by atoms with Crippen LogP contribution < -0.4 is 27.0 Å². The van der Waals surface area contributed by atoms with Crippen molar-refractivity contribution in [3.8, 4) is 0 Å². The Hall–Kier alpha value is -3.03. The van der Waals surface area contributed by atoms with Gasteiger partial charge in [-0.3, -0.25) is 19.2 Å². The maximum absolute atomic E-state index is 13.1. The molecule has 5 amide bonds. The molecule has 0 aliphatic carbocycles. The zero-order valence-corrected chi connectivity index (χ0v) is 26.8. The van der Waals surface area contributed by atoms with Gasteiger partial charge in [-0.15, -0.1) is 0 Å². The van der Waals surface area contributed by atoms with E-state index in [9.17, 15) is 28.8 Å². The van der Waals surface area contributed by atoms with Crippen LogP contribution in [0.2, 0.25) is 0 Å². The molecule has 4 atom stereocenters. The summed E-state index contributed by atoms with van der Waals surface area (Å²) in [6.45, 7) is 15.1. The molecule has 0 fully saturated rings. The molecular formula is C27H49N5O8S. The lowest BCUT2D eigenvalue weighted by Gasteiger charge is -2.28. The predicted octanol–water partition coefficient (Wildman–Crippen LogP) is 1.37. The number of thioether (sulfide) groups is 1. The molecule has 0 unspecified atom stereocenters. The quantitative estimate of drug-likeness (QED) is 0.172. The number of alkyl carbamates (subject to hydrolysis) is 1. The zero-order valence-electron chi connectivity index (χ0n) is 26.0. The first-order valence-electron chi connectivity index (χ1n) is 13.6. The second kappa shape index (κ2) is 17.0. The minimum Gasteiger partial charge on any atom is -0.458 e. The molecule has 0 bridgehead atoms. The molecule has 41 heavy (non-hydrogen) atoms. The third-order valence-electron chi connectivity index (χ3n) is 5.31. The van der Waals surface area contributed by atoms with E-state index in [1.165, 1.54) is 18.7 Å². The summed E-state index contributed by atoms with van der Waals surface area (Å²) >= 11 is 1.45. The van der Waals surface area contributed by atoms with Gasteiger partial charge in [-0.05, 0) is 79.2 Å². The number of hydrogen-bond acceptors (Lipinski definition) is 9. The third-order valence-corrected chi connectivity index (χ3v) is 5.95. The predicted molar refractivity (Wildman–Crippen MR) is 157 cm³/mol. The summed E-state index contributed by atoms with van der Waals surface area (Å²) in [5.74, 6) is -3.01. The molecule has 0 aliphatic heterocycles. The lowest BCUT2D eigenvalue weighted by molar-refractivity contribution is -0.160. The van der Waals surface area contributed by atoms with E-state index in [4.69, 9.17) is 15.2 Å². The molecule has 0 saturated heterocycles. The average molecular weight is 604 g/mol. The van der Waals surface area contributed by atoms with Crippen LogP contribution >= 0.6 is 11.8 Å². The molecule has 236 valence electrons. The van der Waals surface area contributed by atoms with Crippen molar-refractivity contribution in [1.82, 2.24) is 21.3 Å². The van der Waals surface area contributed by atoms with Gasteiger partial charge in [0.25, 0.3) is 0 Å². The van der Waals surface area contributed by atoms with Crippen molar-refractivity contribution in [2.24, 2.45) is 11.7 Å². The number of primary amides is 1. The lowest BCUT2D eigenvalue weighted by atomic mass is 10.0. The second-order valence-corrected chi connectivity index (χ2v) is 13.0. The molecule has 0 aromatic heterocycles. The Labute approximate surface area is 247 Å². The molecule has 0 spiro atoms. The Balaban J connectivity index is 5.59. The molecule has 0 aromatic rings. The van der Waals surface area contributed by atoms with Crippen LogP contribution in [0.5, 0.6) is 0 Å². The smallest absolute Gasteiger partial charge is 0.408 e. The molecule has 13 nitrogen and oxygen atoms in total. The molecule has 0 rings (SSSR count). The van der Waals surface area contributed by atoms with Crippen molar-refractivity contribution < 1.29 is 38.2 Å². The number of hydrogen-bond donors (Lipinski definition) is 5. The first-order valence-corrected chi connectivity index (χ1v) is 15.0. The number of carbonyl (C=O) groups excluding carboxylic acids is 6. The van der Waals surface area contributed by atoms with Gasteiger partial charge in [0.05, 0.1) is 0 Å². The van der Waals surface area contributed by atoms with Crippen LogP contribution in [0, 0.1) is 5.92 Å². The average Bonchev–Trinajstić information content (AvgIpc) is 2.79. The molecule has 0 aliphatic rings. The largest absolute Gasteiger partial charge is 0.458 e. The van der Waals surface area contributed by atoms with Crippen molar-refractivity contribution in [2.75, 3.05) is 12.0 Å². The van der Waals surface area contributed by atoms with E-state index >= 15 is 0 Å². The Kier molecular flexibility index (Phi) is 15.8. The molecular weight excluding hydrogens is 554 g/mol. The fourth-order valence-corrected chi connectivity index (χ4v) is 3.77. The maximum atomic E-state index is 13.1. The van der Waals surface area contributed by atoms with E-state index in [2.05, 4.69) is 21.3 Å². The highest BCUT2D eigenvalue weighted by molar-refractivity contribution is 7.98. The van der Waals surface area contributed by atoms with Crippen LogP contribution in [0.15, 0.2) is 0 Å². The van der Waals surface area contributed by atoms with Crippen LogP contribution in [-0.4, -0.2) is 83.1 Å². The molecule has 0 aromatic carbocycles. The van der Waals surface area contributed by atoms with Gasteiger partial charge in [0, 0.05) is 6.42 Å². The summed E-state index contributed by atoms with van der Waals surface area (Å²) in [6, 6.07) is -4.25.